The molecule has 18 heavy (non-hydrogen) atoms. The maximum Gasteiger partial charge on any atom is 0.225 e. The van der Waals surface area contributed by atoms with Gasteiger partial charge in [-0.3, -0.25) is 4.79 Å². The zero-order chi connectivity index (χ0) is 13.7. The van der Waals surface area contributed by atoms with E-state index in [4.69, 9.17) is 26.8 Å². The third-order valence-electron chi connectivity index (χ3n) is 2.25. The minimum Gasteiger partial charge on any atom is -0.493 e. The van der Waals surface area contributed by atoms with Crippen LogP contribution in [0.3, 0.4) is 0 Å². The molecular formula is C12H17ClN2O3. The minimum atomic E-state index is -0.205. The Morgan fingerprint density at radius 1 is 1.39 bits per heavy atom. The van der Waals surface area contributed by atoms with Crippen LogP contribution in [-0.4, -0.2) is 26.2 Å². The molecule has 1 aromatic rings. The van der Waals surface area contributed by atoms with E-state index < -0.39 is 0 Å². The largest absolute Gasteiger partial charge is 0.493 e. The standard InChI is InChI=1S/C12H17ClN2O3/c1-7(14)4-12(16)15-9-6-11(18-3)10(17-2)5-8(9)13/h5-7H,4,14H2,1-3H3,(H,15,16). The molecule has 0 fully saturated rings. The van der Waals surface area contributed by atoms with Crippen LogP contribution in [0.15, 0.2) is 12.1 Å². The fourth-order valence-electron chi connectivity index (χ4n) is 1.44. The maximum absolute atomic E-state index is 11.6. The van der Waals surface area contributed by atoms with Crippen molar-refractivity contribution in [3.63, 3.8) is 0 Å². The summed E-state index contributed by atoms with van der Waals surface area (Å²) in [4.78, 5) is 11.6. The molecule has 0 aliphatic heterocycles. The first kappa shape index (κ1) is 14.6. The molecule has 6 heteroatoms. The molecule has 1 aromatic carbocycles. The van der Waals surface area contributed by atoms with Crippen LogP contribution in [0.1, 0.15) is 13.3 Å². The van der Waals surface area contributed by atoms with Gasteiger partial charge < -0.3 is 20.5 Å². The lowest BCUT2D eigenvalue weighted by molar-refractivity contribution is -0.116. The van der Waals surface area contributed by atoms with E-state index in [1.54, 1.807) is 19.1 Å². The van der Waals surface area contributed by atoms with Crippen LogP contribution in [0.2, 0.25) is 5.02 Å². The van der Waals surface area contributed by atoms with Gasteiger partial charge in [-0.25, -0.2) is 0 Å². The third-order valence-corrected chi connectivity index (χ3v) is 2.57. The van der Waals surface area contributed by atoms with Crippen LogP contribution in [0, 0.1) is 0 Å². The number of ether oxygens (including phenoxy) is 2. The van der Waals surface area contributed by atoms with Gasteiger partial charge in [-0.05, 0) is 6.92 Å². The highest BCUT2D eigenvalue weighted by Crippen LogP contribution is 2.36. The first-order valence-electron chi connectivity index (χ1n) is 5.45. The topological polar surface area (TPSA) is 73.6 Å². The second-order valence-corrected chi connectivity index (χ2v) is 4.32. The van der Waals surface area contributed by atoms with Crippen molar-refractivity contribution in [2.45, 2.75) is 19.4 Å². The minimum absolute atomic E-state index is 0.195. The van der Waals surface area contributed by atoms with Gasteiger partial charge in [0.25, 0.3) is 0 Å². The first-order valence-corrected chi connectivity index (χ1v) is 5.82. The van der Waals surface area contributed by atoms with Crippen molar-refractivity contribution >= 4 is 23.2 Å². The molecule has 1 atom stereocenters. The number of carbonyl (C=O) groups excluding carboxylic acids is 1. The highest BCUT2D eigenvalue weighted by atomic mass is 35.5. The Morgan fingerprint density at radius 3 is 2.44 bits per heavy atom. The van der Waals surface area contributed by atoms with Gasteiger partial charge in [0.15, 0.2) is 11.5 Å². The molecule has 0 aliphatic carbocycles. The average molecular weight is 273 g/mol. The number of anilines is 1. The highest BCUT2D eigenvalue weighted by Gasteiger charge is 2.12. The predicted octanol–water partition coefficient (Wildman–Crippen LogP) is 2.03. The number of nitrogens with two attached hydrogens (primary N) is 1. The number of hydrogen-bond acceptors (Lipinski definition) is 4. The lowest BCUT2D eigenvalue weighted by atomic mass is 10.2. The summed E-state index contributed by atoms with van der Waals surface area (Å²) in [6.45, 7) is 1.76. The average Bonchev–Trinajstić information content (AvgIpc) is 2.30. The molecule has 100 valence electrons. The van der Waals surface area contributed by atoms with Crippen molar-refractivity contribution in [3.05, 3.63) is 17.2 Å². The zero-order valence-corrected chi connectivity index (χ0v) is 11.4. The van der Waals surface area contributed by atoms with E-state index in [2.05, 4.69) is 5.32 Å². The Bertz CT molecular complexity index is 436. The summed E-state index contributed by atoms with van der Waals surface area (Å²) in [5.74, 6) is 0.810. The van der Waals surface area contributed by atoms with Crippen LogP contribution in [0.4, 0.5) is 5.69 Å². The molecule has 3 N–H and O–H groups in total. The van der Waals surface area contributed by atoms with Gasteiger partial charge in [0.1, 0.15) is 0 Å². The normalized spacial score (nSPS) is 11.8. The Balaban J connectivity index is 2.92. The van der Waals surface area contributed by atoms with Gasteiger partial charge in [-0.15, -0.1) is 0 Å². The van der Waals surface area contributed by atoms with Gasteiger partial charge in [0.05, 0.1) is 24.9 Å². The van der Waals surface area contributed by atoms with Crippen LogP contribution < -0.4 is 20.5 Å². The van der Waals surface area contributed by atoms with Crippen LogP contribution in [-0.2, 0) is 4.79 Å². The third kappa shape index (κ3) is 3.78. The molecule has 1 unspecified atom stereocenters. The van der Waals surface area contributed by atoms with E-state index in [1.807, 2.05) is 0 Å². The van der Waals surface area contributed by atoms with Crippen LogP contribution >= 0.6 is 11.6 Å². The Morgan fingerprint density at radius 2 is 1.94 bits per heavy atom. The van der Waals surface area contributed by atoms with Crippen LogP contribution in [0.5, 0.6) is 11.5 Å². The van der Waals surface area contributed by atoms with E-state index in [-0.39, 0.29) is 18.4 Å². The predicted molar refractivity (Wildman–Crippen MR) is 71.5 cm³/mol. The van der Waals surface area contributed by atoms with E-state index in [1.165, 1.54) is 14.2 Å². The van der Waals surface area contributed by atoms with Gasteiger partial charge in [-0.2, -0.15) is 0 Å². The molecule has 5 nitrogen and oxygen atoms in total. The number of benzene rings is 1. The van der Waals surface area contributed by atoms with Gasteiger partial charge >= 0.3 is 0 Å². The molecule has 0 heterocycles. The Hall–Kier alpha value is -1.46. The van der Waals surface area contributed by atoms with E-state index >= 15 is 0 Å². The number of halogens is 1. The summed E-state index contributed by atoms with van der Waals surface area (Å²) in [5, 5.41) is 3.06. The molecule has 0 aromatic heterocycles. The monoisotopic (exact) mass is 272 g/mol. The van der Waals surface area contributed by atoms with E-state index in [0.717, 1.165) is 0 Å². The Labute approximate surface area is 111 Å². The van der Waals surface area contributed by atoms with Crippen molar-refractivity contribution < 1.29 is 14.3 Å². The SMILES string of the molecule is COc1cc(Cl)c(NC(=O)CC(C)N)cc1OC. The van der Waals surface area contributed by atoms with E-state index in [9.17, 15) is 4.79 Å². The number of rotatable bonds is 5. The molecule has 0 aliphatic rings. The summed E-state index contributed by atoms with van der Waals surface area (Å²) in [7, 11) is 3.03. The summed E-state index contributed by atoms with van der Waals surface area (Å²) >= 11 is 6.04. The van der Waals surface area contributed by atoms with Gasteiger partial charge in [-0.1, -0.05) is 11.6 Å². The number of amides is 1. The number of carbonyl (C=O) groups is 1. The highest BCUT2D eigenvalue weighted by molar-refractivity contribution is 6.34. The van der Waals surface area contributed by atoms with Crippen molar-refractivity contribution in [2.75, 3.05) is 19.5 Å². The summed E-state index contributed by atoms with van der Waals surface area (Å²) < 4.78 is 10.2. The van der Waals surface area contributed by atoms with Crippen molar-refractivity contribution in [1.82, 2.24) is 0 Å². The molecule has 0 saturated heterocycles. The fourth-order valence-corrected chi connectivity index (χ4v) is 1.64. The second-order valence-electron chi connectivity index (χ2n) is 3.92. The van der Waals surface area contributed by atoms with Crippen LogP contribution in [0.25, 0.3) is 0 Å². The fraction of sp³-hybridized carbons (Fsp3) is 0.417. The molecule has 0 saturated carbocycles. The molecule has 0 bridgehead atoms. The maximum atomic E-state index is 11.6. The molecule has 0 radical (unpaired) electrons. The first-order chi connectivity index (χ1) is 8.47. The lowest BCUT2D eigenvalue weighted by Gasteiger charge is -2.13. The molecule has 1 amide bonds. The summed E-state index contributed by atoms with van der Waals surface area (Å²) in [6, 6.07) is 2.99. The number of nitrogens with one attached hydrogen (secondary N) is 1. The zero-order valence-electron chi connectivity index (χ0n) is 10.6. The molecule has 0 spiro atoms. The lowest BCUT2D eigenvalue weighted by Crippen LogP contribution is -2.24. The second kappa shape index (κ2) is 6.47. The van der Waals surface area contributed by atoms with Gasteiger partial charge in [0.2, 0.25) is 5.91 Å². The smallest absolute Gasteiger partial charge is 0.225 e. The van der Waals surface area contributed by atoms with Gasteiger partial charge in [0, 0.05) is 24.6 Å². The van der Waals surface area contributed by atoms with Crippen molar-refractivity contribution in [1.29, 1.82) is 0 Å². The number of methoxy groups -OCH3 is 2. The molecular weight excluding hydrogens is 256 g/mol. The Kier molecular flexibility index (Phi) is 5.25. The molecule has 1 rings (SSSR count). The van der Waals surface area contributed by atoms with Crippen molar-refractivity contribution in [2.24, 2.45) is 5.73 Å². The van der Waals surface area contributed by atoms with E-state index in [0.29, 0.717) is 22.2 Å². The number of hydrogen-bond donors (Lipinski definition) is 2. The van der Waals surface area contributed by atoms with Crippen molar-refractivity contribution in [3.8, 4) is 11.5 Å². The summed E-state index contributed by atoms with van der Waals surface area (Å²) in [5.41, 5.74) is 6.02. The quantitative estimate of drug-likeness (QED) is 0.860. The summed E-state index contributed by atoms with van der Waals surface area (Å²) in [6.07, 6.45) is 0.227.